The van der Waals surface area contributed by atoms with Crippen LogP contribution in [0.15, 0.2) is 18.2 Å². The van der Waals surface area contributed by atoms with E-state index in [2.05, 4.69) is 26.1 Å². The second-order valence-corrected chi connectivity index (χ2v) is 14.3. The second kappa shape index (κ2) is 23.5. The molecular formula is C35H50N6O14S. The Morgan fingerprint density at radius 3 is 2.21 bits per heavy atom. The summed E-state index contributed by atoms with van der Waals surface area (Å²) >= 11 is 1.88. The Bertz CT molecular complexity index is 1520. The second-order valence-electron chi connectivity index (χ2n) is 13.0. The van der Waals surface area contributed by atoms with Gasteiger partial charge in [0.05, 0.1) is 75.4 Å². The number of nitro benzene ring substituents is 1. The molecule has 20 nitrogen and oxygen atoms in total. The average Bonchev–Trinajstić information content (AvgIpc) is 3.83. The molecule has 3 aliphatic rings. The molecule has 21 heteroatoms. The summed E-state index contributed by atoms with van der Waals surface area (Å²) in [6.45, 7) is 4.42. The number of ether oxygens (including phenoxy) is 5. The molecule has 0 radical (unpaired) electrons. The van der Waals surface area contributed by atoms with E-state index in [4.69, 9.17) is 23.7 Å². The van der Waals surface area contributed by atoms with Crippen LogP contribution >= 0.6 is 11.8 Å². The number of nitro groups is 1. The van der Waals surface area contributed by atoms with Gasteiger partial charge in [-0.25, -0.2) is 9.59 Å². The largest absolute Gasteiger partial charge is 0.534 e. The number of imide groups is 1. The van der Waals surface area contributed by atoms with Gasteiger partial charge in [-0.05, 0) is 31.4 Å². The van der Waals surface area contributed by atoms with Gasteiger partial charge in [0.25, 0.3) is 17.5 Å². The highest BCUT2D eigenvalue weighted by Gasteiger charge is 2.42. The standard InChI is InChI=1S/C35H50N6O14S/c1-23(54-35(47)55-40-31(44)8-9-32(40)45)25-20-24(6-7-27(25)41(48)49)21-37-30(43)10-12-50-14-16-52-18-19-53-17-15-51-13-11-36-29(42)5-3-2-4-28-33-26(22-56-28)38-34(46)39-33/h6-7,20,23,26,28,33H,2-5,8-19,21-22H2,1H3,(H,36,42)(H,37,43)(H2,38,39,46)/t23?,26-,28-,33-/m0/s1. The third kappa shape index (κ3) is 14.8. The Hall–Kier alpha value is -4.57. The maximum Gasteiger partial charge on any atom is 0.534 e. The summed E-state index contributed by atoms with van der Waals surface area (Å²) in [4.78, 5) is 86.9. The molecule has 3 heterocycles. The predicted octanol–water partition coefficient (Wildman–Crippen LogP) is 1.79. The van der Waals surface area contributed by atoms with Crippen LogP contribution in [0, 0.1) is 10.1 Å². The van der Waals surface area contributed by atoms with Crippen LogP contribution in [0.3, 0.4) is 0 Å². The molecule has 0 aliphatic carbocycles. The summed E-state index contributed by atoms with van der Waals surface area (Å²) in [5.74, 6) is -0.786. The number of rotatable bonds is 26. The summed E-state index contributed by atoms with van der Waals surface area (Å²) in [5.41, 5.74) is 0.180. The van der Waals surface area contributed by atoms with Crippen molar-refractivity contribution >= 4 is 53.3 Å². The summed E-state index contributed by atoms with van der Waals surface area (Å²) in [6.07, 6.45) is 0.489. The van der Waals surface area contributed by atoms with Crippen molar-refractivity contribution in [1.29, 1.82) is 0 Å². The normalized spacial score (nSPS) is 19.3. The lowest BCUT2D eigenvalue weighted by molar-refractivity contribution is -0.386. The Balaban J connectivity index is 0.936. The number of fused-ring (bicyclic) bond motifs is 1. The fraction of sp³-hybridized carbons (Fsp3) is 0.657. The third-order valence-electron chi connectivity index (χ3n) is 8.90. The number of hydroxylamine groups is 2. The molecule has 1 aromatic rings. The van der Waals surface area contributed by atoms with E-state index in [1.807, 2.05) is 11.8 Å². The predicted molar refractivity (Wildman–Crippen MR) is 197 cm³/mol. The van der Waals surface area contributed by atoms with Gasteiger partial charge in [-0.2, -0.15) is 11.8 Å². The van der Waals surface area contributed by atoms with Gasteiger partial charge in [0, 0.05) is 55.8 Å². The van der Waals surface area contributed by atoms with Crippen LogP contribution in [0.4, 0.5) is 15.3 Å². The Labute approximate surface area is 327 Å². The van der Waals surface area contributed by atoms with Gasteiger partial charge in [0.15, 0.2) is 0 Å². The molecule has 0 saturated carbocycles. The lowest BCUT2D eigenvalue weighted by Gasteiger charge is -2.17. The number of hydrogen-bond donors (Lipinski definition) is 4. The van der Waals surface area contributed by atoms with E-state index in [0.29, 0.717) is 68.5 Å². The van der Waals surface area contributed by atoms with Crippen LogP contribution < -0.4 is 21.3 Å². The molecule has 3 aliphatic heterocycles. The zero-order valence-electron chi connectivity index (χ0n) is 31.3. The fourth-order valence-corrected chi connectivity index (χ4v) is 7.55. The summed E-state index contributed by atoms with van der Waals surface area (Å²) in [5, 5.41) is 23.8. The third-order valence-corrected chi connectivity index (χ3v) is 10.4. The molecule has 0 aromatic heterocycles. The lowest BCUT2D eigenvalue weighted by Crippen LogP contribution is -2.36. The first-order valence-corrected chi connectivity index (χ1v) is 19.6. The summed E-state index contributed by atoms with van der Waals surface area (Å²) in [7, 11) is 0. The molecule has 3 saturated heterocycles. The van der Waals surface area contributed by atoms with Gasteiger partial charge in [-0.1, -0.05) is 17.6 Å². The summed E-state index contributed by atoms with van der Waals surface area (Å²) in [6, 6.07) is 4.40. The average molecular weight is 811 g/mol. The molecule has 1 aromatic carbocycles. The number of amides is 6. The van der Waals surface area contributed by atoms with Crippen LogP contribution in [0.25, 0.3) is 0 Å². The van der Waals surface area contributed by atoms with Gasteiger partial charge >= 0.3 is 12.2 Å². The number of unbranched alkanes of at least 4 members (excludes halogenated alkanes) is 1. The number of nitrogens with one attached hydrogen (secondary N) is 4. The number of benzene rings is 1. The van der Waals surface area contributed by atoms with E-state index in [1.54, 1.807) is 0 Å². The number of nitrogens with zero attached hydrogens (tertiary/aromatic N) is 2. The summed E-state index contributed by atoms with van der Waals surface area (Å²) < 4.78 is 26.9. The highest BCUT2D eigenvalue weighted by molar-refractivity contribution is 8.00. The van der Waals surface area contributed by atoms with Crippen molar-refractivity contribution in [3.63, 3.8) is 0 Å². The van der Waals surface area contributed by atoms with E-state index < -0.39 is 29.0 Å². The smallest absolute Gasteiger partial charge is 0.425 e. The molecule has 0 bridgehead atoms. The van der Waals surface area contributed by atoms with E-state index >= 15 is 0 Å². The van der Waals surface area contributed by atoms with Gasteiger partial charge in [0.2, 0.25) is 11.8 Å². The van der Waals surface area contributed by atoms with Gasteiger partial charge in [-0.15, -0.1) is 0 Å². The van der Waals surface area contributed by atoms with E-state index in [0.717, 1.165) is 25.0 Å². The number of hydrogen-bond acceptors (Lipinski definition) is 15. The quantitative estimate of drug-likeness (QED) is 0.0260. The van der Waals surface area contributed by atoms with Crippen molar-refractivity contribution in [2.24, 2.45) is 0 Å². The van der Waals surface area contributed by atoms with Gasteiger partial charge < -0.3 is 45.0 Å². The van der Waals surface area contributed by atoms with Crippen molar-refractivity contribution in [2.45, 2.75) is 81.9 Å². The number of carbonyl (C=O) groups excluding carboxylic acids is 6. The van der Waals surface area contributed by atoms with Crippen LogP contribution in [-0.2, 0) is 54.2 Å². The van der Waals surface area contributed by atoms with E-state index in [9.17, 15) is 38.9 Å². The minimum absolute atomic E-state index is 0.00105. The zero-order valence-corrected chi connectivity index (χ0v) is 32.1. The molecule has 310 valence electrons. The van der Waals surface area contributed by atoms with Gasteiger partial charge in [-0.3, -0.25) is 34.1 Å². The first-order chi connectivity index (χ1) is 27.0. The Morgan fingerprint density at radius 2 is 1.54 bits per heavy atom. The molecule has 1 unspecified atom stereocenters. The first kappa shape index (κ1) is 44.1. The minimum atomic E-state index is -1.37. The monoisotopic (exact) mass is 810 g/mol. The number of carbonyl (C=O) groups is 6. The highest BCUT2D eigenvalue weighted by atomic mass is 32.2. The number of urea groups is 1. The van der Waals surface area contributed by atoms with Crippen LogP contribution in [0.1, 0.15) is 69.1 Å². The molecule has 6 amide bonds. The topological polar surface area (TPSA) is 252 Å². The van der Waals surface area contributed by atoms with Crippen molar-refractivity contribution in [3.05, 3.63) is 39.4 Å². The first-order valence-electron chi connectivity index (χ1n) is 18.6. The SMILES string of the molecule is CC(OC(=O)ON1C(=O)CCC1=O)c1cc(CNC(=O)CCOCCOCCOCCOCCNC(=O)CCCC[C@@H]2SC[C@@H]3NC(=O)N[C@@H]32)ccc1[N+](=O)[O-]. The maximum atomic E-state index is 12.3. The lowest BCUT2D eigenvalue weighted by atomic mass is 10.0. The van der Waals surface area contributed by atoms with Crippen molar-refractivity contribution in [3.8, 4) is 0 Å². The fourth-order valence-electron chi connectivity index (χ4n) is 6.01. The van der Waals surface area contributed by atoms with Gasteiger partial charge in [0.1, 0.15) is 6.10 Å². The van der Waals surface area contributed by atoms with Crippen LogP contribution in [-0.4, -0.2) is 128 Å². The highest BCUT2D eigenvalue weighted by Crippen LogP contribution is 2.33. The van der Waals surface area contributed by atoms with Crippen LogP contribution in [0.2, 0.25) is 0 Å². The van der Waals surface area contributed by atoms with Crippen molar-refractivity contribution < 1.29 is 62.2 Å². The van der Waals surface area contributed by atoms with Crippen molar-refractivity contribution in [1.82, 2.24) is 26.3 Å². The minimum Gasteiger partial charge on any atom is -0.425 e. The molecule has 3 fully saturated rings. The zero-order chi connectivity index (χ0) is 40.3. The van der Waals surface area contributed by atoms with Crippen LogP contribution in [0.5, 0.6) is 0 Å². The molecule has 56 heavy (non-hydrogen) atoms. The Morgan fingerprint density at radius 1 is 0.893 bits per heavy atom. The molecule has 4 atom stereocenters. The number of thioether (sulfide) groups is 1. The molecule has 4 rings (SSSR count). The maximum absolute atomic E-state index is 12.3. The van der Waals surface area contributed by atoms with Crippen molar-refractivity contribution in [2.75, 3.05) is 65.2 Å². The molecule has 4 N–H and O–H groups in total. The Kier molecular flexibility index (Phi) is 18.5. The van der Waals surface area contributed by atoms with E-state index in [1.165, 1.54) is 25.1 Å². The molecule has 0 spiro atoms. The van der Waals surface area contributed by atoms with E-state index in [-0.39, 0.29) is 80.2 Å². The molecular weight excluding hydrogens is 760 g/mol.